The fourth-order valence-corrected chi connectivity index (χ4v) is 9.06. The lowest BCUT2D eigenvalue weighted by atomic mass is 9.98. The van der Waals surface area contributed by atoms with Crippen molar-refractivity contribution in [3.8, 4) is 22.3 Å². The molecule has 6 rings (SSSR count). The summed E-state index contributed by atoms with van der Waals surface area (Å²) in [5.74, 6) is -4.76. The van der Waals surface area contributed by atoms with E-state index in [-0.39, 0.29) is 36.6 Å². The summed E-state index contributed by atoms with van der Waals surface area (Å²) in [6.07, 6.45) is -1.79. The van der Waals surface area contributed by atoms with Crippen LogP contribution in [0.15, 0.2) is 97.1 Å². The molecule has 0 spiro atoms. The average molecular weight is 799 g/mol. The number of hydrogen-bond donors (Lipinski definition) is 6. The Bertz CT molecular complexity index is 1890. The van der Waals surface area contributed by atoms with Crippen molar-refractivity contribution in [2.24, 2.45) is 0 Å². The molecule has 0 saturated heterocycles. The number of carboxylic acids is 2. The predicted octanol–water partition coefficient (Wildman–Crippen LogP) is 4.58. The maximum atomic E-state index is 13.0. The van der Waals surface area contributed by atoms with Gasteiger partial charge in [0.05, 0.1) is 0 Å². The summed E-state index contributed by atoms with van der Waals surface area (Å²) in [5, 5.41) is 27.7. The van der Waals surface area contributed by atoms with Crippen molar-refractivity contribution in [3.05, 3.63) is 119 Å². The van der Waals surface area contributed by atoms with Gasteiger partial charge in [-0.15, -0.1) is 0 Å². The highest BCUT2D eigenvalue weighted by molar-refractivity contribution is 8.76. The largest absolute Gasteiger partial charge is 0.480 e. The number of alkyl carbamates (subject to hydrolysis) is 2. The maximum absolute atomic E-state index is 13.0. The van der Waals surface area contributed by atoms with Gasteiger partial charge in [-0.25, -0.2) is 9.59 Å². The number of rotatable bonds is 17. The van der Waals surface area contributed by atoms with Crippen LogP contribution in [0.25, 0.3) is 22.3 Å². The molecule has 2 atom stereocenters. The molecule has 6 N–H and O–H groups in total. The summed E-state index contributed by atoms with van der Waals surface area (Å²) >= 11 is 0. The number of carboxylic acid groups (broad SMARTS) is 2. The van der Waals surface area contributed by atoms with Crippen molar-refractivity contribution in [2.75, 3.05) is 37.8 Å². The lowest BCUT2D eigenvalue weighted by molar-refractivity contribution is -0.138. The Morgan fingerprint density at radius 1 is 0.518 bits per heavy atom. The zero-order valence-electron chi connectivity index (χ0n) is 29.8. The Labute approximate surface area is 329 Å². The van der Waals surface area contributed by atoms with E-state index < -0.39 is 61.1 Å². The van der Waals surface area contributed by atoms with E-state index in [1.807, 2.05) is 97.1 Å². The molecule has 2 aliphatic rings. The van der Waals surface area contributed by atoms with Crippen LogP contribution in [0.5, 0.6) is 0 Å². The van der Waals surface area contributed by atoms with Crippen LogP contribution in [0.4, 0.5) is 9.59 Å². The summed E-state index contributed by atoms with van der Waals surface area (Å²) in [5.41, 5.74) is 8.16. The number of benzene rings is 4. The van der Waals surface area contributed by atoms with E-state index in [1.165, 1.54) is 0 Å². The van der Waals surface area contributed by atoms with E-state index in [4.69, 9.17) is 19.7 Å². The van der Waals surface area contributed by atoms with Crippen molar-refractivity contribution in [3.63, 3.8) is 0 Å². The van der Waals surface area contributed by atoms with Gasteiger partial charge in [0, 0.05) is 23.3 Å². The molecule has 0 aromatic heterocycles. The minimum absolute atomic E-state index is 0.0140. The molecule has 14 nitrogen and oxygen atoms in total. The van der Waals surface area contributed by atoms with Gasteiger partial charge in [-0.1, -0.05) is 119 Å². The van der Waals surface area contributed by atoms with E-state index in [2.05, 4.69) is 21.3 Å². The standard InChI is InChI=1S/C40H38N4O10S2/c45-35(46)17-41-37(49)33(43-39(51)53-19-31-27-13-5-1-9-23(27)24-10-2-6-14-28(24)31)21-55-56-22-34(38(50)42-18-36(47)48)44-40(52)54-20-32-29-15-7-3-11-25(29)26-12-4-8-16-30(26)32/h1-16,31-34H,17-22H2,(H,41,49)(H,42,50)(H,43,51)(H,44,52)(H,45,46)(H,47,48). The predicted molar refractivity (Wildman–Crippen MR) is 210 cm³/mol. The third kappa shape index (κ3) is 9.62. The van der Waals surface area contributed by atoms with Crippen LogP contribution < -0.4 is 21.3 Å². The summed E-state index contributed by atoms with van der Waals surface area (Å²) in [4.78, 5) is 74.3. The number of carbonyl (C=O) groups is 6. The number of aliphatic carboxylic acids is 2. The Hall–Kier alpha value is -6.00. The molecule has 4 aromatic rings. The number of hydrogen-bond acceptors (Lipinski definition) is 10. The van der Waals surface area contributed by atoms with Crippen LogP contribution in [0.1, 0.15) is 34.1 Å². The first-order valence-electron chi connectivity index (χ1n) is 17.6. The Morgan fingerprint density at radius 3 is 1.12 bits per heavy atom. The molecule has 2 unspecified atom stereocenters. The molecule has 4 amide bonds. The van der Waals surface area contributed by atoms with Gasteiger partial charge >= 0.3 is 24.1 Å². The number of ether oxygens (including phenoxy) is 2. The molecule has 4 aromatic carbocycles. The molecule has 0 radical (unpaired) electrons. The maximum Gasteiger partial charge on any atom is 0.407 e. The second-order valence-corrected chi connectivity index (χ2v) is 15.4. The number of amides is 4. The smallest absolute Gasteiger partial charge is 0.407 e. The van der Waals surface area contributed by atoms with Crippen LogP contribution in [-0.2, 0) is 28.7 Å². The fraction of sp³-hybridized carbons (Fsp3) is 0.250. The highest BCUT2D eigenvalue weighted by Crippen LogP contribution is 2.45. The van der Waals surface area contributed by atoms with Gasteiger partial charge in [-0.3, -0.25) is 19.2 Å². The molecule has 0 saturated carbocycles. The quantitative estimate of drug-likeness (QED) is 0.0641. The Balaban J connectivity index is 1.05. The minimum atomic E-state index is -1.28. The van der Waals surface area contributed by atoms with E-state index in [0.717, 1.165) is 66.1 Å². The SMILES string of the molecule is O=C(O)CNC(=O)C(CSSCC(NC(=O)OCC1c2ccccc2-c2ccccc21)C(=O)NCC(=O)O)NC(=O)OCC1c2ccccc2-c2ccccc21. The Kier molecular flexibility index (Phi) is 13.2. The molecule has 2 aliphatic carbocycles. The molecule has 0 heterocycles. The second-order valence-electron chi connectivity index (χ2n) is 12.8. The number of nitrogens with one attached hydrogen (secondary N) is 4. The van der Waals surface area contributed by atoms with Gasteiger partial charge in [0.15, 0.2) is 0 Å². The van der Waals surface area contributed by atoms with E-state index in [0.29, 0.717) is 0 Å². The van der Waals surface area contributed by atoms with Crippen molar-refractivity contribution >= 4 is 57.5 Å². The van der Waals surface area contributed by atoms with Crippen LogP contribution in [0.3, 0.4) is 0 Å². The molecular formula is C40H38N4O10S2. The van der Waals surface area contributed by atoms with Crippen molar-refractivity contribution < 1.29 is 48.5 Å². The van der Waals surface area contributed by atoms with E-state index >= 15 is 0 Å². The van der Waals surface area contributed by atoms with E-state index in [1.54, 1.807) is 0 Å². The minimum Gasteiger partial charge on any atom is -0.480 e. The van der Waals surface area contributed by atoms with Crippen LogP contribution in [0, 0.1) is 0 Å². The van der Waals surface area contributed by atoms with Crippen molar-refractivity contribution in [1.82, 2.24) is 21.3 Å². The van der Waals surface area contributed by atoms with Crippen LogP contribution >= 0.6 is 21.6 Å². The first-order chi connectivity index (χ1) is 27.1. The van der Waals surface area contributed by atoms with Crippen molar-refractivity contribution in [1.29, 1.82) is 0 Å². The molecule has 290 valence electrons. The second kappa shape index (κ2) is 18.6. The highest BCUT2D eigenvalue weighted by Gasteiger charge is 2.32. The van der Waals surface area contributed by atoms with Gasteiger partial charge in [0.25, 0.3) is 0 Å². The molecule has 56 heavy (non-hydrogen) atoms. The first kappa shape index (κ1) is 39.7. The Morgan fingerprint density at radius 2 is 0.821 bits per heavy atom. The number of fused-ring (bicyclic) bond motifs is 6. The monoisotopic (exact) mass is 798 g/mol. The van der Waals surface area contributed by atoms with Gasteiger partial charge in [-0.2, -0.15) is 0 Å². The summed E-state index contributed by atoms with van der Waals surface area (Å²) in [6, 6.07) is 28.7. The van der Waals surface area contributed by atoms with Crippen LogP contribution in [-0.4, -0.2) is 96.0 Å². The molecular weight excluding hydrogens is 761 g/mol. The highest BCUT2D eigenvalue weighted by atomic mass is 33.1. The lowest BCUT2D eigenvalue weighted by Crippen LogP contribution is -2.50. The third-order valence-corrected chi connectivity index (χ3v) is 11.7. The summed E-state index contributed by atoms with van der Waals surface area (Å²) in [6.45, 7) is -1.40. The van der Waals surface area contributed by atoms with Gasteiger partial charge < -0.3 is 41.0 Å². The summed E-state index contributed by atoms with van der Waals surface area (Å²) < 4.78 is 11.2. The number of carbonyl (C=O) groups excluding carboxylic acids is 4. The zero-order valence-corrected chi connectivity index (χ0v) is 31.4. The lowest BCUT2D eigenvalue weighted by Gasteiger charge is -2.20. The molecule has 0 bridgehead atoms. The van der Waals surface area contributed by atoms with Crippen molar-refractivity contribution in [2.45, 2.75) is 23.9 Å². The normalized spacial score (nSPS) is 13.5. The third-order valence-electron chi connectivity index (χ3n) is 9.28. The zero-order chi connectivity index (χ0) is 39.6. The van der Waals surface area contributed by atoms with E-state index in [9.17, 15) is 28.8 Å². The molecule has 0 aliphatic heterocycles. The topological polar surface area (TPSA) is 209 Å². The molecule has 16 heteroatoms. The van der Waals surface area contributed by atoms with Gasteiger partial charge in [0.2, 0.25) is 11.8 Å². The first-order valence-corrected chi connectivity index (χ1v) is 20.1. The van der Waals surface area contributed by atoms with Gasteiger partial charge in [0.1, 0.15) is 38.4 Å². The fourth-order valence-electron chi connectivity index (χ4n) is 6.73. The van der Waals surface area contributed by atoms with Crippen LogP contribution in [0.2, 0.25) is 0 Å². The van der Waals surface area contributed by atoms with Gasteiger partial charge in [-0.05, 0) is 44.5 Å². The average Bonchev–Trinajstić information content (AvgIpc) is 3.70. The summed E-state index contributed by atoms with van der Waals surface area (Å²) in [7, 11) is 2.11. The molecule has 0 fully saturated rings.